The number of aryl methyl sites for hydroxylation is 1. The van der Waals surface area contributed by atoms with Crippen molar-refractivity contribution in [2.45, 2.75) is 31.6 Å². The molecule has 1 aliphatic heterocycles. The molecule has 1 aliphatic rings. The van der Waals surface area contributed by atoms with Gasteiger partial charge in [0.25, 0.3) is 5.91 Å². The Morgan fingerprint density at radius 3 is 2.76 bits per heavy atom. The summed E-state index contributed by atoms with van der Waals surface area (Å²) in [6, 6.07) is 5.60. The van der Waals surface area contributed by atoms with Crippen molar-refractivity contribution < 1.29 is 26.8 Å². The molecule has 0 radical (unpaired) electrons. The van der Waals surface area contributed by atoms with E-state index in [-0.39, 0.29) is 17.9 Å². The first-order valence-electron chi connectivity index (χ1n) is 8.76. The summed E-state index contributed by atoms with van der Waals surface area (Å²) in [5.41, 5.74) is 0.633. The predicted octanol–water partition coefficient (Wildman–Crippen LogP) is 4.84. The number of benzene rings is 1. The molecule has 10 heteroatoms. The Kier molecular flexibility index (Phi) is 4.56. The molecule has 4 rings (SSSR count). The zero-order valence-electron chi connectivity index (χ0n) is 15.1. The second kappa shape index (κ2) is 6.94. The smallest absolute Gasteiger partial charge is 0.410 e. The van der Waals surface area contributed by atoms with Crippen LogP contribution < -0.4 is 10.6 Å². The third-order valence-electron chi connectivity index (χ3n) is 4.75. The first-order chi connectivity index (χ1) is 13.7. The molecule has 152 valence electrons. The van der Waals surface area contributed by atoms with Crippen molar-refractivity contribution in [3.8, 4) is 0 Å². The van der Waals surface area contributed by atoms with Gasteiger partial charge >= 0.3 is 6.18 Å². The van der Waals surface area contributed by atoms with Crippen LogP contribution in [0.2, 0.25) is 0 Å². The van der Waals surface area contributed by atoms with E-state index in [0.29, 0.717) is 17.0 Å². The van der Waals surface area contributed by atoms with Gasteiger partial charge < -0.3 is 15.1 Å². The van der Waals surface area contributed by atoms with Crippen LogP contribution in [0, 0.1) is 12.7 Å². The minimum atomic E-state index is -4.56. The third kappa shape index (κ3) is 3.69. The van der Waals surface area contributed by atoms with Gasteiger partial charge in [-0.15, -0.1) is 0 Å². The van der Waals surface area contributed by atoms with Gasteiger partial charge in [0, 0.05) is 18.2 Å². The predicted molar refractivity (Wildman–Crippen MR) is 96.1 cm³/mol. The summed E-state index contributed by atoms with van der Waals surface area (Å²) < 4.78 is 60.1. The molecule has 2 N–H and O–H groups in total. The topological polar surface area (TPSA) is 72.1 Å². The Morgan fingerprint density at radius 2 is 2.10 bits per heavy atom. The molecule has 0 unspecified atom stereocenters. The fourth-order valence-electron chi connectivity index (χ4n) is 3.31. The number of nitrogens with one attached hydrogen (secondary N) is 2. The number of hydrogen-bond acceptors (Lipinski definition) is 4. The van der Waals surface area contributed by atoms with E-state index < -0.39 is 30.0 Å². The average molecular weight is 408 g/mol. The molecule has 1 amide bonds. The largest absolute Gasteiger partial charge is 0.467 e. The van der Waals surface area contributed by atoms with Gasteiger partial charge in [0.2, 0.25) is 0 Å². The SMILES string of the molecule is Cc1cc(F)ccc1NC(=O)c1cc2n(n1)[C@H](C(F)(F)F)C[C@H](c1ccco1)N2. The van der Waals surface area contributed by atoms with Crippen molar-refractivity contribution in [3.63, 3.8) is 0 Å². The number of hydrogen-bond donors (Lipinski definition) is 2. The molecule has 1 aromatic carbocycles. The van der Waals surface area contributed by atoms with Crippen LogP contribution in [-0.2, 0) is 0 Å². The van der Waals surface area contributed by atoms with E-state index in [2.05, 4.69) is 15.7 Å². The maximum atomic E-state index is 13.6. The lowest BCUT2D eigenvalue weighted by atomic mass is 10.0. The van der Waals surface area contributed by atoms with Gasteiger partial charge in [-0.3, -0.25) is 4.79 Å². The average Bonchev–Trinajstić information content (AvgIpc) is 3.31. The van der Waals surface area contributed by atoms with E-state index in [4.69, 9.17) is 4.42 Å². The highest BCUT2D eigenvalue weighted by atomic mass is 19.4. The fraction of sp³-hybridized carbons (Fsp3) is 0.263. The van der Waals surface area contributed by atoms with Crippen molar-refractivity contribution in [3.05, 3.63) is 65.5 Å². The van der Waals surface area contributed by atoms with Gasteiger partial charge in [-0.25, -0.2) is 9.07 Å². The van der Waals surface area contributed by atoms with Crippen LogP contribution in [0.4, 0.5) is 29.1 Å². The van der Waals surface area contributed by atoms with Gasteiger partial charge in [-0.05, 0) is 42.8 Å². The Balaban J connectivity index is 1.64. The van der Waals surface area contributed by atoms with Gasteiger partial charge in [-0.2, -0.15) is 18.3 Å². The Bertz CT molecular complexity index is 1040. The number of alkyl halides is 3. The van der Waals surface area contributed by atoms with Gasteiger partial charge in [-0.1, -0.05) is 0 Å². The number of rotatable bonds is 3. The number of carbonyl (C=O) groups is 1. The zero-order valence-corrected chi connectivity index (χ0v) is 15.1. The molecule has 0 spiro atoms. The lowest BCUT2D eigenvalue weighted by molar-refractivity contribution is -0.174. The highest BCUT2D eigenvalue weighted by Gasteiger charge is 2.47. The van der Waals surface area contributed by atoms with E-state index in [1.807, 2.05) is 0 Å². The summed E-state index contributed by atoms with van der Waals surface area (Å²) in [6.45, 7) is 1.60. The Hall–Kier alpha value is -3.30. The van der Waals surface area contributed by atoms with Crippen molar-refractivity contribution in [1.29, 1.82) is 0 Å². The molecular weight excluding hydrogens is 392 g/mol. The fourth-order valence-corrected chi connectivity index (χ4v) is 3.31. The van der Waals surface area contributed by atoms with Gasteiger partial charge in [0.15, 0.2) is 11.7 Å². The van der Waals surface area contributed by atoms with Gasteiger partial charge in [0.05, 0.1) is 12.3 Å². The second-order valence-corrected chi connectivity index (χ2v) is 6.78. The van der Waals surface area contributed by atoms with E-state index in [1.54, 1.807) is 19.1 Å². The number of nitrogens with zero attached hydrogens (tertiary/aromatic N) is 2. The number of carbonyl (C=O) groups excluding carboxylic acids is 1. The van der Waals surface area contributed by atoms with E-state index in [1.165, 1.54) is 30.5 Å². The molecule has 2 atom stereocenters. The molecule has 6 nitrogen and oxygen atoms in total. The molecule has 29 heavy (non-hydrogen) atoms. The van der Waals surface area contributed by atoms with E-state index in [0.717, 1.165) is 4.68 Å². The molecule has 0 bridgehead atoms. The van der Waals surface area contributed by atoms with Crippen molar-refractivity contribution in [2.24, 2.45) is 0 Å². The molecule has 0 fully saturated rings. The Morgan fingerprint density at radius 1 is 1.31 bits per heavy atom. The zero-order chi connectivity index (χ0) is 20.8. The standard InChI is InChI=1S/C19H16F4N4O2/c1-10-7-11(20)4-5-12(10)25-18(28)14-9-17-24-13(15-3-2-6-29-15)8-16(19(21,22)23)27(17)26-14/h2-7,9,13,16,24H,8H2,1H3,(H,25,28)/t13-,16+/m1/s1. The molecular formula is C19H16F4N4O2. The minimum Gasteiger partial charge on any atom is -0.467 e. The summed E-state index contributed by atoms with van der Waals surface area (Å²) in [7, 11) is 0. The summed E-state index contributed by atoms with van der Waals surface area (Å²) in [5, 5.41) is 9.36. The Labute approximate surface area is 162 Å². The maximum Gasteiger partial charge on any atom is 0.410 e. The quantitative estimate of drug-likeness (QED) is 0.609. The lowest BCUT2D eigenvalue weighted by Gasteiger charge is -2.32. The maximum absolute atomic E-state index is 13.6. The third-order valence-corrected chi connectivity index (χ3v) is 4.75. The highest BCUT2D eigenvalue weighted by Crippen LogP contribution is 2.43. The normalized spacial score (nSPS) is 18.8. The van der Waals surface area contributed by atoms with E-state index in [9.17, 15) is 22.4 Å². The second-order valence-electron chi connectivity index (χ2n) is 6.78. The summed E-state index contributed by atoms with van der Waals surface area (Å²) in [4.78, 5) is 12.5. The minimum absolute atomic E-state index is 0.0564. The van der Waals surface area contributed by atoms with Crippen LogP contribution >= 0.6 is 0 Å². The summed E-state index contributed by atoms with van der Waals surface area (Å²) in [5.74, 6) is -0.737. The molecule has 3 heterocycles. The summed E-state index contributed by atoms with van der Waals surface area (Å²) >= 11 is 0. The monoisotopic (exact) mass is 408 g/mol. The van der Waals surface area contributed by atoms with Crippen molar-refractivity contribution in [2.75, 3.05) is 10.6 Å². The number of aromatic nitrogens is 2. The van der Waals surface area contributed by atoms with Crippen molar-refractivity contribution >= 4 is 17.4 Å². The number of amides is 1. The first kappa shape index (κ1) is 19.0. The number of furan rings is 1. The van der Waals surface area contributed by atoms with Crippen LogP contribution in [0.15, 0.2) is 47.1 Å². The number of halogens is 4. The first-order valence-corrected chi connectivity index (χ1v) is 8.76. The molecule has 2 aromatic heterocycles. The van der Waals surface area contributed by atoms with Crippen LogP contribution in [0.1, 0.15) is 40.3 Å². The molecule has 0 saturated carbocycles. The van der Waals surface area contributed by atoms with Crippen LogP contribution in [0.25, 0.3) is 0 Å². The van der Waals surface area contributed by atoms with Crippen LogP contribution in [-0.4, -0.2) is 21.9 Å². The number of anilines is 2. The number of fused-ring (bicyclic) bond motifs is 1. The molecule has 0 aliphatic carbocycles. The molecule has 0 saturated heterocycles. The lowest BCUT2D eigenvalue weighted by Crippen LogP contribution is -2.35. The van der Waals surface area contributed by atoms with Crippen LogP contribution in [0.5, 0.6) is 0 Å². The molecule has 3 aromatic rings. The van der Waals surface area contributed by atoms with Gasteiger partial charge in [0.1, 0.15) is 17.4 Å². The highest BCUT2D eigenvalue weighted by molar-refractivity contribution is 6.03. The van der Waals surface area contributed by atoms with Crippen LogP contribution in [0.3, 0.4) is 0 Å². The van der Waals surface area contributed by atoms with Crippen molar-refractivity contribution in [1.82, 2.24) is 9.78 Å². The summed E-state index contributed by atoms with van der Waals surface area (Å²) in [6.07, 6.45) is -3.51. The van der Waals surface area contributed by atoms with E-state index >= 15 is 0 Å².